The summed E-state index contributed by atoms with van der Waals surface area (Å²) in [7, 11) is 1.63. The van der Waals surface area contributed by atoms with Gasteiger partial charge in [0, 0.05) is 11.9 Å². The zero-order chi connectivity index (χ0) is 12.0. The lowest BCUT2D eigenvalue weighted by atomic mass is 10.1. The fourth-order valence-corrected chi connectivity index (χ4v) is 2.95. The molecule has 1 amide bonds. The number of likely N-dealkylation sites (N-methyl/N-ethyl adjacent to an activating group) is 1. The van der Waals surface area contributed by atoms with E-state index in [4.69, 9.17) is 4.74 Å². The van der Waals surface area contributed by atoms with Gasteiger partial charge < -0.3 is 9.64 Å². The summed E-state index contributed by atoms with van der Waals surface area (Å²) in [6.07, 6.45) is 0. The van der Waals surface area contributed by atoms with Crippen molar-refractivity contribution in [2.24, 2.45) is 0 Å². The number of amides is 1. The van der Waals surface area contributed by atoms with Crippen LogP contribution in [-0.4, -0.2) is 37.2 Å². The Labute approximate surface area is 103 Å². The molecule has 2 aliphatic rings. The van der Waals surface area contributed by atoms with E-state index in [0.29, 0.717) is 16.5 Å². The van der Waals surface area contributed by atoms with E-state index < -0.39 is 11.7 Å². The molecule has 0 aliphatic carbocycles. The molecule has 2 aliphatic heterocycles. The quantitative estimate of drug-likeness (QED) is 0.742. The molecular weight excluding hydrogens is 238 g/mol. The van der Waals surface area contributed by atoms with Gasteiger partial charge in [0.25, 0.3) is 11.7 Å². The number of ether oxygens (including phenoxy) is 1. The van der Waals surface area contributed by atoms with Crippen LogP contribution in [0.4, 0.5) is 5.69 Å². The summed E-state index contributed by atoms with van der Waals surface area (Å²) >= 11 is 1.73. The van der Waals surface area contributed by atoms with Gasteiger partial charge in [0.15, 0.2) is 0 Å². The van der Waals surface area contributed by atoms with Crippen molar-refractivity contribution in [3.8, 4) is 0 Å². The highest BCUT2D eigenvalue weighted by Gasteiger charge is 2.33. The molecule has 5 heteroatoms. The van der Waals surface area contributed by atoms with Crippen LogP contribution < -0.4 is 4.90 Å². The Bertz CT molecular complexity index is 510. The van der Waals surface area contributed by atoms with Crippen LogP contribution in [-0.2, 0) is 9.53 Å². The van der Waals surface area contributed by atoms with E-state index in [1.54, 1.807) is 24.9 Å². The van der Waals surface area contributed by atoms with Crippen molar-refractivity contribution in [1.82, 2.24) is 0 Å². The minimum absolute atomic E-state index is 0.411. The third-order valence-corrected chi connectivity index (χ3v) is 4.12. The Morgan fingerprint density at radius 3 is 2.76 bits per heavy atom. The molecule has 0 saturated carbocycles. The van der Waals surface area contributed by atoms with Gasteiger partial charge in [-0.1, -0.05) is 0 Å². The summed E-state index contributed by atoms with van der Waals surface area (Å²) < 4.78 is 5.12. The lowest BCUT2D eigenvalue weighted by Gasteiger charge is -2.25. The third kappa shape index (κ3) is 1.66. The van der Waals surface area contributed by atoms with Gasteiger partial charge in [-0.2, -0.15) is 0 Å². The highest BCUT2D eigenvalue weighted by atomic mass is 32.2. The molecule has 0 N–H and O–H groups in total. The maximum atomic E-state index is 11.6. The second-order valence-corrected chi connectivity index (χ2v) is 5.52. The molecule has 0 spiro atoms. The van der Waals surface area contributed by atoms with Crippen LogP contribution in [0.2, 0.25) is 0 Å². The van der Waals surface area contributed by atoms with Crippen LogP contribution in [0.15, 0.2) is 23.1 Å². The fourth-order valence-electron chi connectivity index (χ4n) is 1.91. The molecule has 88 valence electrons. The molecule has 3 rings (SSSR count). The van der Waals surface area contributed by atoms with Crippen molar-refractivity contribution in [1.29, 1.82) is 0 Å². The third-order valence-electron chi connectivity index (χ3n) is 2.98. The summed E-state index contributed by atoms with van der Waals surface area (Å²) in [6.45, 7) is 1.55. The van der Waals surface area contributed by atoms with Crippen LogP contribution in [0, 0.1) is 0 Å². The van der Waals surface area contributed by atoms with Gasteiger partial charge in [-0.05, 0) is 18.2 Å². The lowest BCUT2D eigenvalue weighted by Crippen LogP contribution is -2.30. The average Bonchev–Trinajstić information content (AvgIpc) is 2.49. The fraction of sp³-hybridized carbons (Fsp3) is 0.333. The number of anilines is 1. The molecule has 1 saturated heterocycles. The normalized spacial score (nSPS) is 19.5. The topological polar surface area (TPSA) is 46.6 Å². The molecule has 0 bridgehead atoms. The molecule has 0 aromatic heterocycles. The SMILES string of the molecule is CN1C(=O)C(=O)c2ccc(SC3COC3)cc21. The van der Waals surface area contributed by atoms with Crippen LogP contribution in [0.1, 0.15) is 10.4 Å². The molecule has 0 unspecified atom stereocenters. The predicted octanol–water partition coefficient (Wildman–Crippen LogP) is 1.34. The Hall–Kier alpha value is -1.33. The number of hydrogen-bond acceptors (Lipinski definition) is 4. The maximum Gasteiger partial charge on any atom is 0.299 e. The zero-order valence-corrected chi connectivity index (χ0v) is 10.1. The number of nitrogens with zero attached hydrogens (tertiary/aromatic N) is 1. The number of carbonyl (C=O) groups excluding carboxylic acids is 2. The maximum absolute atomic E-state index is 11.6. The van der Waals surface area contributed by atoms with E-state index in [0.717, 1.165) is 18.1 Å². The summed E-state index contributed by atoms with van der Waals surface area (Å²) in [6, 6.07) is 5.54. The van der Waals surface area contributed by atoms with Gasteiger partial charge in [-0.25, -0.2) is 0 Å². The van der Waals surface area contributed by atoms with E-state index in [2.05, 4.69) is 0 Å². The Balaban J connectivity index is 1.91. The minimum Gasteiger partial charge on any atom is -0.379 e. The number of benzene rings is 1. The number of fused-ring (bicyclic) bond motifs is 1. The Kier molecular flexibility index (Phi) is 2.45. The number of thioether (sulfide) groups is 1. The summed E-state index contributed by atoms with van der Waals surface area (Å²) in [5.41, 5.74) is 1.22. The van der Waals surface area contributed by atoms with E-state index >= 15 is 0 Å². The van der Waals surface area contributed by atoms with Crippen molar-refractivity contribution in [2.45, 2.75) is 10.1 Å². The van der Waals surface area contributed by atoms with Crippen molar-refractivity contribution in [3.05, 3.63) is 23.8 Å². The van der Waals surface area contributed by atoms with Crippen LogP contribution in [0.3, 0.4) is 0 Å². The van der Waals surface area contributed by atoms with Gasteiger partial charge in [0.05, 0.1) is 29.7 Å². The monoisotopic (exact) mass is 249 g/mol. The number of carbonyl (C=O) groups is 2. The molecule has 1 fully saturated rings. The largest absolute Gasteiger partial charge is 0.379 e. The summed E-state index contributed by atoms with van der Waals surface area (Å²) in [5, 5.41) is 0.492. The van der Waals surface area contributed by atoms with Gasteiger partial charge in [0.2, 0.25) is 0 Å². The first-order valence-electron chi connectivity index (χ1n) is 5.37. The molecule has 0 atom stereocenters. The van der Waals surface area contributed by atoms with Crippen molar-refractivity contribution in [3.63, 3.8) is 0 Å². The Morgan fingerprint density at radius 1 is 1.35 bits per heavy atom. The van der Waals surface area contributed by atoms with Crippen LogP contribution in [0.25, 0.3) is 0 Å². The van der Waals surface area contributed by atoms with Crippen molar-refractivity contribution < 1.29 is 14.3 Å². The number of ketones is 1. The molecule has 0 radical (unpaired) electrons. The predicted molar refractivity (Wildman–Crippen MR) is 64.6 cm³/mol. The number of rotatable bonds is 2. The van der Waals surface area contributed by atoms with E-state index in [1.165, 1.54) is 4.90 Å². The van der Waals surface area contributed by atoms with E-state index in [-0.39, 0.29) is 0 Å². The summed E-state index contributed by atoms with van der Waals surface area (Å²) in [5.74, 6) is -0.861. The van der Waals surface area contributed by atoms with Crippen LogP contribution >= 0.6 is 11.8 Å². The smallest absolute Gasteiger partial charge is 0.299 e. The molecule has 17 heavy (non-hydrogen) atoms. The minimum atomic E-state index is -0.450. The van der Waals surface area contributed by atoms with Crippen molar-refractivity contribution >= 4 is 29.1 Å². The first-order chi connectivity index (χ1) is 8.16. The van der Waals surface area contributed by atoms with Gasteiger partial charge in [-0.3, -0.25) is 9.59 Å². The highest BCUT2D eigenvalue weighted by Crippen LogP contribution is 2.35. The standard InChI is InChI=1S/C12H11NO3S/c1-13-10-4-7(17-8-5-16-6-8)2-3-9(10)11(14)12(13)15/h2-4,8H,5-6H2,1H3. The van der Waals surface area contributed by atoms with Gasteiger partial charge >= 0.3 is 0 Å². The lowest BCUT2D eigenvalue weighted by molar-refractivity contribution is -0.114. The number of Topliss-reactive ketones (excluding diaryl/α,β-unsaturated/α-hetero) is 1. The molecule has 1 aromatic rings. The van der Waals surface area contributed by atoms with Gasteiger partial charge in [-0.15, -0.1) is 11.8 Å². The second kappa shape index (κ2) is 3.85. The van der Waals surface area contributed by atoms with Crippen LogP contribution in [0.5, 0.6) is 0 Å². The average molecular weight is 249 g/mol. The van der Waals surface area contributed by atoms with Crippen molar-refractivity contribution in [2.75, 3.05) is 25.2 Å². The second-order valence-electron chi connectivity index (χ2n) is 4.15. The molecular formula is C12H11NO3S. The van der Waals surface area contributed by atoms with E-state index in [1.807, 2.05) is 12.1 Å². The van der Waals surface area contributed by atoms with Gasteiger partial charge in [0.1, 0.15) is 0 Å². The zero-order valence-electron chi connectivity index (χ0n) is 9.30. The first kappa shape index (κ1) is 10.8. The Morgan fingerprint density at radius 2 is 2.12 bits per heavy atom. The first-order valence-corrected chi connectivity index (χ1v) is 6.25. The highest BCUT2D eigenvalue weighted by molar-refractivity contribution is 8.00. The number of hydrogen-bond donors (Lipinski definition) is 0. The summed E-state index contributed by atoms with van der Waals surface area (Å²) in [4.78, 5) is 25.6. The van der Waals surface area contributed by atoms with E-state index in [9.17, 15) is 9.59 Å². The molecule has 1 aromatic carbocycles. The molecule has 2 heterocycles. The molecule has 4 nitrogen and oxygen atoms in total.